The number of nitrogens with zero attached hydrogens (tertiary/aromatic N) is 2. The first-order chi connectivity index (χ1) is 12.7. The van der Waals surface area contributed by atoms with Crippen LogP contribution >= 0.6 is 35.3 Å². The Labute approximate surface area is 164 Å². The molecule has 128 valence electrons. The molecular formula is C19H13N3OS3. The summed E-state index contributed by atoms with van der Waals surface area (Å²) in [7, 11) is 0. The zero-order chi connectivity index (χ0) is 17.9. The lowest BCUT2D eigenvalue weighted by atomic mass is 10.2. The number of allylic oxidation sites excluding steroid dienone is 2. The average Bonchev–Trinajstić information content (AvgIpc) is 3.18. The molecule has 2 aromatic carbocycles. The highest BCUT2D eigenvalue weighted by Gasteiger charge is 2.32. The summed E-state index contributed by atoms with van der Waals surface area (Å²) in [6.07, 6.45) is 5.60. The number of hydrazine groups is 1. The molecule has 1 N–H and O–H groups in total. The second kappa shape index (κ2) is 7.41. The second-order valence-electron chi connectivity index (χ2n) is 5.41. The molecule has 26 heavy (non-hydrogen) atoms. The lowest BCUT2D eigenvalue weighted by Crippen LogP contribution is -2.33. The van der Waals surface area contributed by atoms with Crippen molar-refractivity contribution in [2.75, 3.05) is 5.43 Å². The Morgan fingerprint density at radius 2 is 1.85 bits per heavy atom. The van der Waals surface area contributed by atoms with Crippen molar-refractivity contribution in [1.82, 2.24) is 9.99 Å². The lowest BCUT2D eigenvalue weighted by molar-refractivity contribution is -0.121. The van der Waals surface area contributed by atoms with Crippen LogP contribution in [0.15, 0.2) is 71.7 Å². The molecule has 3 aromatic rings. The van der Waals surface area contributed by atoms with Crippen molar-refractivity contribution >= 4 is 67.0 Å². The van der Waals surface area contributed by atoms with Crippen LogP contribution in [0.5, 0.6) is 0 Å². The van der Waals surface area contributed by atoms with Gasteiger partial charge in [0.1, 0.15) is 0 Å². The molecule has 0 radical (unpaired) electrons. The number of hydrogen-bond donors (Lipinski definition) is 1. The van der Waals surface area contributed by atoms with Crippen LogP contribution in [0, 0.1) is 0 Å². The van der Waals surface area contributed by atoms with E-state index in [4.69, 9.17) is 12.2 Å². The van der Waals surface area contributed by atoms with Crippen LogP contribution < -0.4 is 5.43 Å². The molecule has 0 bridgehead atoms. The summed E-state index contributed by atoms with van der Waals surface area (Å²) in [6.45, 7) is 0. The number of rotatable bonds is 4. The first-order valence-corrected chi connectivity index (χ1v) is 9.87. The van der Waals surface area contributed by atoms with Gasteiger partial charge in [0.05, 0.1) is 15.1 Å². The Kier molecular flexibility index (Phi) is 4.83. The van der Waals surface area contributed by atoms with Gasteiger partial charge in [-0.3, -0.25) is 10.2 Å². The summed E-state index contributed by atoms with van der Waals surface area (Å²) < 4.78 is 1.52. The summed E-state index contributed by atoms with van der Waals surface area (Å²) >= 11 is 8.10. The number of thiocarbonyl (C=S) groups is 1. The molecule has 0 saturated carbocycles. The van der Waals surface area contributed by atoms with Crippen LogP contribution in [0.3, 0.4) is 0 Å². The number of nitrogens with one attached hydrogen (secondary N) is 1. The number of carbonyl (C=O) groups is 1. The van der Waals surface area contributed by atoms with E-state index in [-0.39, 0.29) is 5.91 Å². The van der Waals surface area contributed by atoms with Crippen molar-refractivity contribution < 1.29 is 4.79 Å². The molecule has 2 heterocycles. The van der Waals surface area contributed by atoms with E-state index < -0.39 is 0 Å². The molecule has 0 atom stereocenters. The van der Waals surface area contributed by atoms with Crippen LogP contribution in [-0.2, 0) is 4.79 Å². The maximum atomic E-state index is 12.6. The molecule has 0 unspecified atom stereocenters. The molecule has 1 aliphatic heterocycles. The molecule has 7 heteroatoms. The molecule has 1 amide bonds. The number of thioether (sulfide) groups is 1. The number of amides is 1. The van der Waals surface area contributed by atoms with Gasteiger partial charge in [-0.15, -0.1) is 0 Å². The van der Waals surface area contributed by atoms with Crippen LogP contribution in [0.2, 0.25) is 0 Å². The van der Waals surface area contributed by atoms with Gasteiger partial charge in [-0.1, -0.05) is 77.7 Å². The summed E-state index contributed by atoms with van der Waals surface area (Å²) in [5.74, 6) is -0.169. The first kappa shape index (κ1) is 17.0. The van der Waals surface area contributed by atoms with Gasteiger partial charge in [0.2, 0.25) is 5.13 Å². The summed E-state index contributed by atoms with van der Waals surface area (Å²) in [5.41, 5.74) is 5.00. The SMILES string of the molecule is O=C1C(=CC=Cc2ccccc2)SC(=S)N1Nc1nc2ccccc2s1. The van der Waals surface area contributed by atoms with E-state index in [0.717, 1.165) is 15.8 Å². The normalized spacial score (nSPS) is 16.3. The van der Waals surface area contributed by atoms with Gasteiger partial charge in [0.25, 0.3) is 5.91 Å². The minimum atomic E-state index is -0.169. The first-order valence-electron chi connectivity index (χ1n) is 7.82. The Morgan fingerprint density at radius 1 is 1.08 bits per heavy atom. The zero-order valence-corrected chi connectivity index (χ0v) is 15.9. The predicted octanol–water partition coefficient (Wildman–Crippen LogP) is 5.08. The molecule has 1 aromatic heterocycles. The van der Waals surface area contributed by atoms with Crippen LogP contribution in [-0.4, -0.2) is 20.2 Å². The number of benzene rings is 2. The molecule has 1 fully saturated rings. The van der Waals surface area contributed by atoms with E-state index in [2.05, 4.69) is 10.4 Å². The van der Waals surface area contributed by atoms with Crippen LogP contribution in [0.4, 0.5) is 5.13 Å². The molecule has 1 saturated heterocycles. The highest BCUT2D eigenvalue weighted by Crippen LogP contribution is 2.33. The highest BCUT2D eigenvalue weighted by molar-refractivity contribution is 8.26. The third-order valence-electron chi connectivity index (χ3n) is 3.63. The quantitative estimate of drug-likeness (QED) is 0.493. The van der Waals surface area contributed by atoms with E-state index in [0.29, 0.717) is 14.4 Å². The summed E-state index contributed by atoms with van der Waals surface area (Å²) in [6, 6.07) is 17.8. The van der Waals surface area contributed by atoms with Crippen LogP contribution in [0.1, 0.15) is 5.56 Å². The Hall–Kier alpha value is -2.48. The van der Waals surface area contributed by atoms with E-state index in [1.54, 1.807) is 6.08 Å². The highest BCUT2D eigenvalue weighted by atomic mass is 32.2. The van der Waals surface area contributed by atoms with Gasteiger partial charge in [-0.25, -0.2) is 4.98 Å². The van der Waals surface area contributed by atoms with E-state index in [1.165, 1.54) is 28.1 Å². The molecule has 1 aliphatic rings. The van der Waals surface area contributed by atoms with Crippen molar-refractivity contribution in [3.63, 3.8) is 0 Å². The molecule has 0 aliphatic carbocycles. The Balaban J connectivity index is 1.50. The number of carbonyl (C=O) groups excluding carboxylic acids is 1. The second-order valence-corrected chi connectivity index (χ2v) is 8.11. The van der Waals surface area contributed by atoms with Crippen molar-refractivity contribution in [2.24, 2.45) is 0 Å². The van der Waals surface area contributed by atoms with Gasteiger partial charge in [-0.2, -0.15) is 5.01 Å². The van der Waals surface area contributed by atoms with Gasteiger partial charge >= 0.3 is 0 Å². The number of thiazole rings is 1. The summed E-state index contributed by atoms with van der Waals surface area (Å²) in [5, 5.41) is 2.02. The lowest BCUT2D eigenvalue weighted by Gasteiger charge is -2.14. The van der Waals surface area contributed by atoms with E-state index in [9.17, 15) is 4.79 Å². The van der Waals surface area contributed by atoms with Crippen molar-refractivity contribution in [2.45, 2.75) is 0 Å². The fourth-order valence-electron chi connectivity index (χ4n) is 2.40. The van der Waals surface area contributed by atoms with E-state index in [1.807, 2.05) is 66.7 Å². The maximum absolute atomic E-state index is 12.6. The minimum Gasteiger partial charge on any atom is -0.266 e. The fourth-order valence-corrected chi connectivity index (χ4v) is 4.39. The molecule has 4 nitrogen and oxygen atoms in total. The molecular weight excluding hydrogens is 382 g/mol. The topological polar surface area (TPSA) is 45.2 Å². The average molecular weight is 396 g/mol. The van der Waals surface area contributed by atoms with Gasteiger partial charge in [-0.05, 0) is 36.0 Å². The smallest absolute Gasteiger partial charge is 0.266 e. The standard InChI is InChI=1S/C19H13N3OS3/c23-17-16(12-6-9-13-7-2-1-3-8-13)26-19(24)22(17)21-18-20-14-10-4-5-11-15(14)25-18/h1-12H,(H,20,21). The minimum absolute atomic E-state index is 0.169. The van der Waals surface area contributed by atoms with E-state index >= 15 is 0 Å². The van der Waals surface area contributed by atoms with Crippen molar-refractivity contribution in [3.8, 4) is 0 Å². The number of anilines is 1. The van der Waals surface area contributed by atoms with Gasteiger partial charge in [0.15, 0.2) is 4.32 Å². The number of para-hydroxylation sites is 1. The van der Waals surface area contributed by atoms with Crippen molar-refractivity contribution in [1.29, 1.82) is 0 Å². The number of fused-ring (bicyclic) bond motifs is 1. The zero-order valence-electron chi connectivity index (χ0n) is 13.5. The van der Waals surface area contributed by atoms with Gasteiger partial charge < -0.3 is 0 Å². The maximum Gasteiger partial charge on any atom is 0.285 e. The third-order valence-corrected chi connectivity index (χ3v) is 5.89. The Morgan fingerprint density at radius 3 is 2.65 bits per heavy atom. The summed E-state index contributed by atoms with van der Waals surface area (Å²) in [4.78, 5) is 17.7. The monoisotopic (exact) mass is 395 g/mol. The largest absolute Gasteiger partial charge is 0.285 e. The number of hydrogen-bond acceptors (Lipinski definition) is 6. The fraction of sp³-hybridized carbons (Fsp3) is 0. The van der Waals surface area contributed by atoms with Crippen molar-refractivity contribution in [3.05, 3.63) is 77.2 Å². The van der Waals surface area contributed by atoms with Crippen LogP contribution in [0.25, 0.3) is 16.3 Å². The third kappa shape index (κ3) is 3.55. The molecule has 4 rings (SSSR count). The van der Waals surface area contributed by atoms with Gasteiger partial charge in [0, 0.05) is 0 Å². The number of aromatic nitrogens is 1. The predicted molar refractivity (Wildman–Crippen MR) is 114 cm³/mol. The molecule has 0 spiro atoms. The Bertz CT molecular complexity index is 1010.